The number of aromatic amines is 1. The van der Waals surface area contributed by atoms with E-state index in [0.717, 1.165) is 47.2 Å². The van der Waals surface area contributed by atoms with Crippen molar-refractivity contribution in [1.29, 1.82) is 0 Å². The van der Waals surface area contributed by atoms with Crippen molar-refractivity contribution >= 4 is 10.9 Å². The van der Waals surface area contributed by atoms with Crippen LogP contribution in [-0.4, -0.2) is 36.6 Å². The molecule has 0 spiro atoms. The van der Waals surface area contributed by atoms with E-state index in [1.54, 1.807) is 0 Å². The van der Waals surface area contributed by atoms with E-state index in [9.17, 15) is 4.79 Å². The molecule has 2 heterocycles. The van der Waals surface area contributed by atoms with Gasteiger partial charge in [0.05, 0.1) is 6.54 Å². The van der Waals surface area contributed by atoms with E-state index in [0.29, 0.717) is 19.6 Å². The van der Waals surface area contributed by atoms with Gasteiger partial charge >= 0.3 is 0 Å². The number of aryl methyl sites for hydroxylation is 3. The van der Waals surface area contributed by atoms with Crippen molar-refractivity contribution in [2.75, 3.05) is 6.54 Å². The molecule has 3 aromatic carbocycles. The average Bonchev–Trinajstić information content (AvgIpc) is 3.34. The van der Waals surface area contributed by atoms with Gasteiger partial charge in [-0.1, -0.05) is 72.8 Å². The van der Waals surface area contributed by atoms with Gasteiger partial charge in [0.25, 0.3) is 5.56 Å². The zero-order chi connectivity index (χ0) is 24.7. The van der Waals surface area contributed by atoms with E-state index in [1.165, 1.54) is 11.1 Å². The summed E-state index contributed by atoms with van der Waals surface area (Å²) in [4.78, 5) is 18.3. The molecule has 0 fully saturated rings. The molecule has 0 bridgehead atoms. The van der Waals surface area contributed by atoms with Crippen LogP contribution in [0.2, 0.25) is 0 Å². The van der Waals surface area contributed by atoms with Gasteiger partial charge in [-0.2, -0.15) is 0 Å². The number of hydrogen-bond acceptors (Lipinski definition) is 5. The number of fused-ring (bicyclic) bond motifs is 1. The Morgan fingerprint density at radius 3 is 2.33 bits per heavy atom. The maximum Gasteiger partial charge on any atom is 0.252 e. The molecule has 5 aromatic rings. The molecule has 0 saturated heterocycles. The summed E-state index contributed by atoms with van der Waals surface area (Å²) in [6.45, 7) is 4.58. The number of benzene rings is 3. The molecule has 1 N–H and O–H groups in total. The van der Waals surface area contributed by atoms with Crippen LogP contribution in [0.15, 0.2) is 89.7 Å². The average molecular weight is 479 g/mol. The van der Waals surface area contributed by atoms with Crippen LogP contribution in [-0.2, 0) is 32.5 Å². The van der Waals surface area contributed by atoms with Crippen molar-refractivity contribution in [1.82, 2.24) is 30.1 Å². The Morgan fingerprint density at radius 1 is 0.861 bits per heavy atom. The highest BCUT2D eigenvalue weighted by molar-refractivity contribution is 5.79. The SMILES string of the molecule is Cc1ccc2cc(CN(CCc3ccccc3)Cc3nnnn3CCc3ccccc3)c(=O)[nH]c2c1. The third-order valence-corrected chi connectivity index (χ3v) is 6.46. The molecule has 0 radical (unpaired) electrons. The molecule has 0 amide bonds. The number of H-pyrrole nitrogens is 1. The number of pyridine rings is 1. The summed E-state index contributed by atoms with van der Waals surface area (Å²) in [5, 5.41) is 13.5. The Morgan fingerprint density at radius 2 is 1.58 bits per heavy atom. The van der Waals surface area contributed by atoms with Gasteiger partial charge in [-0.25, -0.2) is 4.68 Å². The van der Waals surface area contributed by atoms with Crippen LogP contribution in [0.1, 0.15) is 28.1 Å². The smallest absolute Gasteiger partial charge is 0.252 e. The monoisotopic (exact) mass is 478 g/mol. The Bertz CT molecular complexity index is 1480. The maximum absolute atomic E-state index is 13.0. The highest BCUT2D eigenvalue weighted by Crippen LogP contribution is 2.15. The summed E-state index contributed by atoms with van der Waals surface area (Å²) in [5.41, 5.74) is 5.18. The van der Waals surface area contributed by atoms with E-state index in [1.807, 2.05) is 48.0 Å². The Balaban J connectivity index is 1.36. The van der Waals surface area contributed by atoms with Crippen LogP contribution < -0.4 is 5.56 Å². The second-order valence-corrected chi connectivity index (χ2v) is 9.21. The van der Waals surface area contributed by atoms with Crippen LogP contribution in [0.5, 0.6) is 0 Å². The number of rotatable bonds is 10. The number of nitrogens with one attached hydrogen (secondary N) is 1. The zero-order valence-corrected chi connectivity index (χ0v) is 20.5. The Kier molecular flexibility index (Phi) is 7.28. The van der Waals surface area contributed by atoms with Crippen molar-refractivity contribution in [3.63, 3.8) is 0 Å². The predicted octanol–water partition coefficient (Wildman–Crippen LogP) is 4.31. The second-order valence-electron chi connectivity index (χ2n) is 9.21. The molecule has 0 aliphatic carbocycles. The van der Waals surface area contributed by atoms with E-state index >= 15 is 0 Å². The third kappa shape index (κ3) is 5.93. The lowest BCUT2D eigenvalue weighted by atomic mass is 10.1. The van der Waals surface area contributed by atoms with Crippen LogP contribution >= 0.6 is 0 Å². The van der Waals surface area contributed by atoms with Crippen LogP contribution in [0.3, 0.4) is 0 Å². The van der Waals surface area contributed by atoms with Crippen molar-refractivity contribution in [3.05, 3.63) is 123 Å². The van der Waals surface area contributed by atoms with Crippen LogP contribution in [0.25, 0.3) is 10.9 Å². The zero-order valence-electron chi connectivity index (χ0n) is 20.5. The van der Waals surface area contributed by atoms with Crippen molar-refractivity contribution in [2.24, 2.45) is 0 Å². The van der Waals surface area contributed by atoms with Gasteiger partial charge in [-0.15, -0.1) is 5.10 Å². The first kappa shape index (κ1) is 23.6. The summed E-state index contributed by atoms with van der Waals surface area (Å²) in [5.74, 6) is 0.798. The Hall–Kier alpha value is -4.10. The van der Waals surface area contributed by atoms with Gasteiger partial charge in [0, 0.05) is 30.7 Å². The second kappa shape index (κ2) is 11.1. The standard InChI is InChI=1S/C29H30N6O/c1-22-12-13-25-19-26(29(36)30-27(25)18-22)20-34(16-14-23-8-4-2-5-9-23)21-28-31-32-33-35(28)17-15-24-10-6-3-7-11-24/h2-13,18-19H,14-17,20-21H2,1H3,(H,30,36). The van der Waals surface area contributed by atoms with E-state index in [-0.39, 0.29) is 5.56 Å². The Labute approximate surface area is 210 Å². The number of hydrogen-bond donors (Lipinski definition) is 1. The quantitative estimate of drug-likeness (QED) is 0.324. The highest BCUT2D eigenvalue weighted by atomic mass is 16.1. The van der Waals surface area contributed by atoms with Gasteiger partial charge in [-0.05, 0) is 64.4 Å². The summed E-state index contributed by atoms with van der Waals surface area (Å²) in [7, 11) is 0. The topological polar surface area (TPSA) is 79.7 Å². The molecule has 182 valence electrons. The van der Waals surface area contributed by atoms with E-state index in [2.05, 4.69) is 73.9 Å². The highest BCUT2D eigenvalue weighted by Gasteiger charge is 2.15. The maximum atomic E-state index is 13.0. The van der Waals surface area contributed by atoms with Crippen molar-refractivity contribution in [2.45, 2.75) is 39.4 Å². The molecular formula is C29H30N6O. The van der Waals surface area contributed by atoms with Gasteiger partial charge in [-0.3, -0.25) is 9.69 Å². The summed E-state index contributed by atoms with van der Waals surface area (Å²) < 4.78 is 1.87. The third-order valence-electron chi connectivity index (χ3n) is 6.46. The lowest BCUT2D eigenvalue weighted by Gasteiger charge is -2.22. The van der Waals surface area contributed by atoms with Gasteiger partial charge in [0.1, 0.15) is 0 Å². The predicted molar refractivity (Wildman–Crippen MR) is 142 cm³/mol. The first-order valence-corrected chi connectivity index (χ1v) is 12.3. The molecular weight excluding hydrogens is 448 g/mol. The molecule has 7 heteroatoms. The van der Waals surface area contributed by atoms with Crippen molar-refractivity contribution in [3.8, 4) is 0 Å². The van der Waals surface area contributed by atoms with Crippen molar-refractivity contribution < 1.29 is 0 Å². The minimum Gasteiger partial charge on any atom is -0.322 e. The molecule has 0 unspecified atom stereocenters. The molecule has 0 aliphatic rings. The fourth-order valence-corrected chi connectivity index (χ4v) is 4.45. The lowest BCUT2D eigenvalue weighted by Crippen LogP contribution is -2.30. The number of aromatic nitrogens is 5. The van der Waals surface area contributed by atoms with Crippen LogP contribution in [0.4, 0.5) is 0 Å². The molecule has 36 heavy (non-hydrogen) atoms. The summed E-state index contributed by atoms with van der Waals surface area (Å²) >= 11 is 0. The number of nitrogens with zero attached hydrogens (tertiary/aromatic N) is 5. The van der Waals surface area contributed by atoms with E-state index < -0.39 is 0 Å². The van der Waals surface area contributed by atoms with E-state index in [4.69, 9.17) is 0 Å². The number of tetrazole rings is 1. The fraction of sp³-hybridized carbons (Fsp3) is 0.241. The minimum atomic E-state index is -0.0542. The van der Waals surface area contributed by atoms with Gasteiger partial charge in [0.2, 0.25) is 0 Å². The van der Waals surface area contributed by atoms with Gasteiger partial charge in [0.15, 0.2) is 5.82 Å². The largest absolute Gasteiger partial charge is 0.322 e. The first-order chi connectivity index (χ1) is 17.6. The fourth-order valence-electron chi connectivity index (χ4n) is 4.45. The molecule has 7 nitrogen and oxygen atoms in total. The molecule has 0 aliphatic heterocycles. The molecule has 5 rings (SSSR count). The first-order valence-electron chi connectivity index (χ1n) is 12.3. The molecule has 2 aromatic heterocycles. The van der Waals surface area contributed by atoms with Gasteiger partial charge < -0.3 is 4.98 Å². The normalized spacial score (nSPS) is 11.4. The molecule has 0 atom stereocenters. The summed E-state index contributed by atoms with van der Waals surface area (Å²) in [6, 6.07) is 28.9. The molecule has 0 saturated carbocycles. The minimum absolute atomic E-state index is 0.0542. The van der Waals surface area contributed by atoms with Crippen LogP contribution in [0, 0.1) is 6.92 Å². The lowest BCUT2D eigenvalue weighted by molar-refractivity contribution is 0.247. The summed E-state index contributed by atoms with van der Waals surface area (Å²) in [6.07, 6.45) is 1.73.